The van der Waals surface area contributed by atoms with Gasteiger partial charge in [-0.3, -0.25) is 4.57 Å². The lowest BCUT2D eigenvalue weighted by Crippen LogP contribution is -1.94. The number of H-pyrrole nitrogens is 1. The van der Waals surface area contributed by atoms with Gasteiger partial charge in [0.05, 0.1) is 11.0 Å². The van der Waals surface area contributed by atoms with Crippen molar-refractivity contribution in [2.45, 2.75) is 6.92 Å². The van der Waals surface area contributed by atoms with Crippen molar-refractivity contribution in [1.29, 1.82) is 0 Å². The first-order chi connectivity index (χ1) is 9.06. The van der Waals surface area contributed by atoms with Crippen molar-refractivity contribution in [2.24, 2.45) is 0 Å². The molecule has 0 radical (unpaired) electrons. The van der Waals surface area contributed by atoms with Gasteiger partial charge < -0.3 is 4.98 Å². The van der Waals surface area contributed by atoms with E-state index in [1.807, 2.05) is 28.8 Å². The van der Waals surface area contributed by atoms with E-state index >= 15 is 0 Å². The first-order valence-electron chi connectivity index (χ1n) is 5.73. The lowest BCUT2D eigenvalue weighted by molar-refractivity contribution is 0.620. The summed E-state index contributed by atoms with van der Waals surface area (Å²) in [4.78, 5) is 3.04. The molecule has 0 saturated carbocycles. The first-order valence-corrected chi connectivity index (χ1v) is 6.93. The smallest absolute Gasteiger partial charge is 0.182 e. The van der Waals surface area contributed by atoms with E-state index in [9.17, 15) is 4.39 Å². The zero-order valence-electron chi connectivity index (χ0n) is 10.1. The third kappa shape index (κ3) is 2.13. The SMILES string of the molecule is Cc1cc2c(cc1F)[nH]c(=S)n2-c1cccc(Br)c1. The van der Waals surface area contributed by atoms with E-state index < -0.39 is 0 Å². The Labute approximate surface area is 123 Å². The van der Waals surface area contributed by atoms with Crippen LogP contribution < -0.4 is 0 Å². The molecular formula is C14H10BrFN2S. The van der Waals surface area contributed by atoms with Gasteiger partial charge in [0.25, 0.3) is 0 Å². The molecule has 1 heterocycles. The predicted octanol–water partition coefficient (Wildman–Crippen LogP) is 4.90. The highest BCUT2D eigenvalue weighted by molar-refractivity contribution is 9.10. The van der Waals surface area contributed by atoms with E-state index in [-0.39, 0.29) is 5.82 Å². The largest absolute Gasteiger partial charge is 0.330 e. The van der Waals surface area contributed by atoms with Crippen LogP contribution in [0.5, 0.6) is 0 Å². The summed E-state index contributed by atoms with van der Waals surface area (Å²) >= 11 is 8.78. The minimum absolute atomic E-state index is 0.231. The first kappa shape index (κ1) is 12.6. The van der Waals surface area contributed by atoms with Crippen LogP contribution in [0.25, 0.3) is 16.7 Å². The molecule has 2 nitrogen and oxygen atoms in total. The van der Waals surface area contributed by atoms with Gasteiger partial charge in [-0.05, 0) is 55.0 Å². The third-order valence-corrected chi connectivity index (χ3v) is 3.81. The van der Waals surface area contributed by atoms with Gasteiger partial charge in [-0.1, -0.05) is 22.0 Å². The van der Waals surface area contributed by atoms with E-state index in [1.165, 1.54) is 6.07 Å². The summed E-state index contributed by atoms with van der Waals surface area (Å²) in [5, 5.41) is 0. The molecule has 0 atom stereocenters. The lowest BCUT2D eigenvalue weighted by Gasteiger charge is -2.06. The topological polar surface area (TPSA) is 20.7 Å². The molecule has 0 amide bonds. The molecule has 1 aromatic heterocycles. The fraction of sp³-hybridized carbons (Fsp3) is 0.0714. The number of aryl methyl sites for hydroxylation is 1. The quantitative estimate of drug-likeness (QED) is 0.627. The second kappa shape index (κ2) is 4.58. The number of rotatable bonds is 1. The molecule has 96 valence electrons. The maximum Gasteiger partial charge on any atom is 0.182 e. The molecule has 0 unspecified atom stereocenters. The van der Waals surface area contributed by atoms with Crippen LogP contribution >= 0.6 is 28.1 Å². The van der Waals surface area contributed by atoms with Crippen molar-refractivity contribution < 1.29 is 4.39 Å². The Morgan fingerprint density at radius 3 is 2.79 bits per heavy atom. The minimum Gasteiger partial charge on any atom is -0.330 e. The summed E-state index contributed by atoms with van der Waals surface area (Å²) in [6.45, 7) is 1.75. The van der Waals surface area contributed by atoms with E-state index in [0.29, 0.717) is 15.9 Å². The highest BCUT2D eigenvalue weighted by Gasteiger charge is 2.09. The Morgan fingerprint density at radius 2 is 2.05 bits per heavy atom. The molecule has 0 aliphatic carbocycles. The van der Waals surface area contributed by atoms with Gasteiger partial charge in [0.15, 0.2) is 4.77 Å². The van der Waals surface area contributed by atoms with Crippen LogP contribution in [0.4, 0.5) is 4.39 Å². The zero-order valence-corrected chi connectivity index (χ0v) is 12.5. The highest BCUT2D eigenvalue weighted by Crippen LogP contribution is 2.24. The Bertz CT molecular complexity index is 835. The Kier molecular flexibility index (Phi) is 3.03. The Morgan fingerprint density at radius 1 is 1.26 bits per heavy atom. The average Bonchev–Trinajstić information content (AvgIpc) is 2.65. The van der Waals surface area contributed by atoms with E-state index in [2.05, 4.69) is 20.9 Å². The molecule has 2 aromatic carbocycles. The van der Waals surface area contributed by atoms with E-state index in [1.54, 1.807) is 13.0 Å². The van der Waals surface area contributed by atoms with Gasteiger partial charge in [-0.2, -0.15) is 0 Å². The number of fused-ring (bicyclic) bond motifs is 1. The molecule has 3 aromatic rings. The standard InChI is InChI=1S/C14H10BrFN2S/c1-8-5-13-12(7-11(8)16)17-14(19)18(13)10-4-2-3-9(15)6-10/h2-7H,1H3,(H,17,19). The third-order valence-electron chi connectivity index (χ3n) is 3.03. The summed E-state index contributed by atoms with van der Waals surface area (Å²) in [5.41, 5.74) is 3.12. The molecule has 0 aliphatic heterocycles. The molecule has 5 heteroatoms. The maximum absolute atomic E-state index is 13.6. The molecule has 1 N–H and O–H groups in total. The second-order valence-electron chi connectivity index (χ2n) is 4.36. The van der Waals surface area contributed by atoms with Crippen molar-refractivity contribution in [3.63, 3.8) is 0 Å². The molecule has 0 bridgehead atoms. The fourth-order valence-electron chi connectivity index (χ4n) is 2.10. The van der Waals surface area contributed by atoms with Gasteiger partial charge in [-0.15, -0.1) is 0 Å². The zero-order chi connectivity index (χ0) is 13.6. The number of halogens is 2. The molecule has 0 spiro atoms. The number of hydrogen-bond donors (Lipinski definition) is 1. The maximum atomic E-state index is 13.6. The summed E-state index contributed by atoms with van der Waals surface area (Å²) in [6, 6.07) is 11.1. The second-order valence-corrected chi connectivity index (χ2v) is 5.67. The van der Waals surface area contributed by atoms with Crippen LogP contribution in [-0.2, 0) is 0 Å². The summed E-state index contributed by atoms with van der Waals surface area (Å²) < 4.78 is 17.0. The van der Waals surface area contributed by atoms with Crippen molar-refractivity contribution in [3.05, 3.63) is 57.0 Å². The Hall–Kier alpha value is -1.46. The fourth-order valence-corrected chi connectivity index (χ4v) is 2.80. The summed E-state index contributed by atoms with van der Waals surface area (Å²) in [7, 11) is 0. The summed E-state index contributed by atoms with van der Waals surface area (Å²) in [6.07, 6.45) is 0. The van der Waals surface area contributed by atoms with Gasteiger partial charge in [0.1, 0.15) is 5.82 Å². The van der Waals surface area contributed by atoms with E-state index in [0.717, 1.165) is 15.7 Å². The van der Waals surface area contributed by atoms with Gasteiger partial charge in [-0.25, -0.2) is 4.39 Å². The van der Waals surface area contributed by atoms with Crippen LogP contribution in [0, 0.1) is 17.5 Å². The molecule has 0 aliphatic rings. The van der Waals surface area contributed by atoms with Gasteiger partial charge in [0, 0.05) is 10.2 Å². The van der Waals surface area contributed by atoms with Crippen LogP contribution in [0.2, 0.25) is 0 Å². The van der Waals surface area contributed by atoms with Gasteiger partial charge >= 0.3 is 0 Å². The van der Waals surface area contributed by atoms with Crippen LogP contribution in [0.15, 0.2) is 40.9 Å². The van der Waals surface area contributed by atoms with Crippen molar-refractivity contribution in [2.75, 3.05) is 0 Å². The molecule has 0 saturated heterocycles. The number of aromatic nitrogens is 2. The van der Waals surface area contributed by atoms with E-state index in [4.69, 9.17) is 12.2 Å². The lowest BCUT2D eigenvalue weighted by atomic mass is 10.2. The number of benzene rings is 2. The monoisotopic (exact) mass is 336 g/mol. The number of imidazole rings is 1. The molecule has 3 rings (SSSR count). The molecule has 0 fully saturated rings. The minimum atomic E-state index is -0.231. The molecular weight excluding hydrogens is 327 g/mol. The Balaban J connectivity index is 2.38. The number of nitrogens with zero attached hydrogens (tertiary/aromatic N) is 1. The van der Waals surface area contributed by atoms with Gasteiger partial charge in [0.2, 0.25) is 0 Å². The van der Waals surface area contributed by atoms with Crippen LogP contribution in [0.1, 0.15) is 5.56 Å². The van der Waals surface area contributed by atoms with Crippen LogP contribution in [0.3, 0.4) is 0 Å². The number of hydrogen-bond acceptors (Lipinski definition) is 1. The normalized spacial score (nSPS) is 11.1. The van der Waals surface area contributed by atoms with Crippen LogP contribution in [-0.4, -0.2) is 9.55 Å². The highest BCUT2D eigenvalue weighted by atomic mass is 79.9. The molecule has 19 heavy (non-hydrogen) atoms. The average molecular weight is 337 g/mol. The van der Waals surface area contributed by atoms with Crippen molar-refractivity contribution in [1.82, 2.24) is 9.55 Å². The number of nitrogens with one attached hydrogen (secondary N) is 1. The number of aromatic amines is 1. The predicted molar refractivity (Wildman–Crippen MR) is 80.9 cm³/mol. The summed E-state index contributed by atoms with van der Waals surface area (Å²) in [5.74, 6) is -0.231. The van der Waals surface area contributed by atoms with Crippen molar-refractivity contribution >= 4 is 39.2 Å². The van der Waals surface area contributed by atoms with Crippen molar-refractivity contribution in [3.8, 4) is 5.69 Å².